The Kier molecular flexibility index (Phi) is 5.76. The third-order valence-electron chi connectivity index (χ3n) is 6.01. The van der Waals surface area contributed by atoms with Crippen LogP contribution in [0, 0.1) is 11.3 Å². The number of amides is 1. The average Bonchev–Trinajstić information content (AvgIpc) is 2.80. The van der Waals surface area contributed by atoms with E-state index in [4.69, 9.17) is 4.74 Å². The van der Waals surface area contributed by atoms with Crippen molar-refractivity contribution in [2.24, 2.45) is 11.3 Å². The summed E-state index contributed by atoms with van der Waals surface area (Å²) in [6.07, 6.45) is 7.32. The highest BCUT2D eigenvalue weighted by molar-refractivity contribution is 5.81. The third-order valence-corrected chi connectivity index (χ3v) is 6.01. The van der Waals surface area contributed by atoms with E-state index in [0.717, 1.165) is 32.5 Å². The van der Waals surface area contributed by atoms with Gasteiger partial charge >= 0.3 is 5.97 Å². The van der Waals surface area contributed by atoms with Crippen LogP contribution in [0.3, 0.4) is 0 Å². The van der Waals surface area contributed by atoms with Crippen molar-refractivity contribution in [2.45, 2.75) is 44.9 Å². The molecule has 0 saturated carbocycles. The van der Waals surface area contributed by atoms with Gasteiger partial charge in [0.1, 0.15) is 5.41 Å². The summed E-state index contributed by atoms with van der Waals surface area (Å²) in [6, 6.07) is 0. The van der Waals surface area contributed by atoms with Crippen LogP contribution in [0.5, 0.6) is 0 Å². The number of hydrogen-bond donors (Lipinski definition) is 1. The predicted molar refractivity (Wildman–Crippen MR) is 89.7 cm³/mol. The summed E-state index contributed by atoms with van der Waals surface area (Å²) < 4.78 is 5.42. The van der Waals surface area contributed by atoms with Crippen LogP contribution in [0.2, 0.25) is 0 Å². The second-order valence-electron chi connectivity index (χ2n) is 7.63. The van der Waals surface area contributed by atoms with Gasteiger partial charge in [0, 0.05) is 26.1 Å². The van der Waals surface area contributed by atoms with Gasteiger partial charge in [-0.3, -0.25) is 9.59 Å². The van der Waals surface area contributed by atoms with Crippen LogP contribution in [-0.4, -0.2) is 72.7 Å². The molecule has 0 radical (unpaired) electrons. The summed E-state index contributed by atoms with van der Waals surface area (Å²) in [5.41, 5.74) is -0.876. The maximum absolute atomic E-state index is 12.5. The monoisotopic (exact) mass is 338 g/mol. The van der Waals surface area contributed by atoms with Gasteiger partial charge in [-0.1, -0.05) is 12.8 Å². The van der Waals surface area contributed by atoms with Crippen molar-refractivity contribution < 1.29 is 19.4 Å². The molecule has 0 aromatic carbocycles. The number of likely N-dealkylation sites (tertiary alicyclic amines) is 2. The Bertz CT molecular complexity index is 462. The van der Waals surface area contributed by atoms with E-state index in [2.05, 4.69) is 4.90 Å². The zero-order valence-electron chi connectivity index (χ0n) is 14.5. The number of hydrogen-bond acceptors (Lipinski definition) is 4. The number of ether oxygens (including phenoxy) is 1. The maximum Gasteiger partial charge on any atom is 0.314 e. The Morgan fingerprint density at radius 1 is 1.17 bits per heavy atom. The first-order valence-corrected chi connectivity index (χ1v) is 9.43. The van der Waals surface area contributed by atoms with Crippen molar-refractivity contribution in [1.82, 2.24) is 9.80 Å². The van der Waals surface area contributed by atoms with E-state index in [1.54, 1.807) is 4.90 Å². The SMILES string of the molecule is O=C(CCCN1CCCCCC1)N1C[C@@H]2CCOC[C@]2(C(=O)O)C1. The number of carbonyl (C=O) groups excluding carboxylic acids is 1. The molecule has 3 aliphatic heterocycles. The van der Waals surface area contributed by atoms with Crippen LogP contribution < -0.4 is 0 Å². The third kappa shape index (κ3) is 3.75. The lowest BCUT2D eigenvalue weighted by atomic mass is 9.76. The van der Waals surface area contributed by atoms with Crippen LogP contribution in [0.4, 0.5) is 0 Å². The van der Waals surface area contributed by atoms with Gasteiger partial charge in [0.05, 0.1) is 6.61 Å². The van der Waals surface area contributed by atoms with Crippen molar-refractivity contribution >= 4 is 11.9 Å². The second kappa shape index (κ2) is 7.83. The van der Waals surface area contributed by atoms with Crippen LogP contribution in [-0.2, 0) is 14.3 Å². The summed E-state index contributed by atoms with van der Waals surface area (Å²) in [5, 5.41) is 9.65. The quantitative estimate of drug-likeness (QED) is 0.824. The number of rotatable bonds is 5. The van der Waals surface area contributed by atoms with E-state index in [1.165, 1.54) is 25.7 Å². The highest BCUT2D eigenvalue weighted by atomic mass is 16.5. The van der Waals surface area contributed by atoms with Crippen LogP contribution >= 0.6 is 0 Å². The molecule has 0 spiro atoms. The summed E-state index contributed by atoms with van der Waals surface area (Å²) in [5.74, 6) is -0.662. The first-order chi connectivity index (χ1) is 11.6. The molecule has 136 valence electrons. The molecule has 0 aromatic rings. The fraction of sp³-hybridized carbons (Fsp3) is 0.889. The van der Waals surface area contributed by atoms with Gasteiger partial charge in [-0.05, 0) is 51.2 Å². The minimum atomic E-state index is -0.876. The van der Waals surface area contributed by atoms with Gasteiger partial charge in [-0.25, -0.2) is 0 Å². The van der Waals surface area contributed by atoms with Crippen LogP contribution in [0.1, 0.15) is 44.9 Å². The standard InChI is InChI=1S/C18H30N2O4/c21-16(6-5-10-19-8-3-1-2-4-9-19)20-12-15-7-11-24-14-18(15,13-20)17(22)23/h15H,1-14H2,(H,22,23)/t15-,18+/m0/s1. The topological polar surface area (TPSA) is 70.1 Å². The van der Waals surface area contributed by atoms with E-state index < -0.39 is 11.4 Å². The average molecular weight is 338 g/mol. The molecule has 3 aliphatic rings. The lowest BCUT2D eigenvalue weighted by Crippen LogP contribution is -2.46. The van der Waals surface area contributed by atoms with E-state index >= 15 is 0 Å². The lowest BCUT2D eigenvalue weighted by molar-refractivity contribution is -0.159. The fourth-order valence-corrected chi connectivity index (χ4v) is 4.45. The lowest BCUT2D eigenvalue weighted by Gasteiger charge is -2.33. The predicted octanol–water partition coefficient (Wildman–Crippen LogP) is 1.59. The van der Waals surface area contributed by atoms with E-state index in [-0.39, 0.29) is 18.4 Å². The number of fused-ring (bicyclic) bond motifs is 1. The number of nitrogens with zero attached hydrogens (tertiary/aromatic N) is 2. The van der Waals surface area contributed by atoms with Gasteiger partial charge in [0.25, 0.3) is 0 Å². The van der Waals surface area contributed by atoms with E-state index in [0.29, 0.717) is 26.1 Å². The Morgan fingerprint density at radius 3 is 2.58 bits per heavy atom. The van der Waals surface area contributed by atoms with Crippen LogP contribution in [0.15, 0.2) is 0 Å². The molecule has 0 unspecified atom stereocenters. The fourth-order valence-electron chi connectivity index (χ4n) is 4.45. The first-order valence-electron chi connectivity index (χ1n) is 9.43. The number of aliphatic carboxylic acids is 1. The van der Waals surface area contributed by atoms with E-state index in [1.807, 2.05) is 0 Å². The van der Waals surface area contributed by atoms with E-state index in [9.17, 15) is 14.7 Å². The van der Waals surface area contributed by atoms with Gasteiger partial charge in [0.15, 0.2) is 0 Å². The molecule has 0 bridgehead atoms. The zero-order valence-corrected chi connectivity index (χ0v) is 14.5. The first kappa shape index (κ1) is 17.7. The largest absolute Gasteiger partial charge is 0.481 e. The second-order valence-corrected chi connectivity index (χ2v) is 7.63. The molecule has 3 fully saturated rings. The minimum absolute atomic E-state index is 0.0401. The number of carboxylic acid groups (broad SMARTS) is 1. The number of carboxylic acids is 1. The Balaban J connectivity index is 1.48. The Labute approximate surface area is 144 Å². The molecule has 6 heteroatoms. The van der Waals surface area contributed by atoms with Gasteiger partial charge in [0.2, 0.25) is 5.91 Å². The van der Waals surface area contributed by atoms with Gasteiger partial charge in [-0.15, -0.1) is 0 Å². The van der Waals surface area contributed by atoms with Crippen molar-refractivity contribution in [1.29, 1.82) is 0 Å². The molecule has 3 rings (SSSR count). The summed E-state index contributed by atoms with van der Waals surface area (Å²) in [6.45, 7) is 5.03. The highest BCUT2D eigenvalue weighted by Gasteiger charge is 2.55. The molecule has 3 heterocycles. The van der Waals surface area contributed by atoms with Crippen molar-refractivity contribution in [2.75, 3.05) is 45.9 Å². The normalized spacial score (nSPS) is 31.5. The summed E-state index contributed by atoms with van der Waals surface area (Å²) in [7, 11) is 0. The molecule has 0 aliphatic carbocycles. The molecule has 1 amide bonds. The molecule has 1 N–H and O–H groups in total. The van der Waals surface area contributed by atoms with Gasteiger partial charge < -0.3 is 19.6 Å². The summed E-state index contributed by atoms with van der Waals surface area (Å²) >= 11 is 0. The van der Waals surface area contributed by atoms with Gasteiger partial charge in [-0.2, -0.15) is 0 Å². The summed E-state index contributed by atoms with van der Waals surface area (Å²) in [4.78, 5) is 28.5. The molecule has 6 nitrogen and oxygen atoms in total. The molecule has 24 heavy (non-hydrogen) atoms. The molecular formula is C18H30N2O4. The van der Waals surface area contributed by atoms with Crippen molar-refractivity contribution in [3.8, 4) is 0 Å². The number of carbonyl (C=O) groups is 2. The zero-order chi connectivity index (χ0) is 17.0. The maximum atomic E-state index is 12.5. The van der Waals surface area contributed by atoms with Crippen LogP contribution in [0.25, 0.3) is 0 Å². The molecule has 0 aromatic heterocycles. The molecule has 2 atom stereocenters. The highest BCUT2D eigenvalue weighted by Crippen LogP contribution is 2.41. The molecule has 3 saturated heterocycles. The molecular weight excluding hydrogens is 308 g/mol. The smallest absolute Gasteiger partial charge is 0.314 e. The Hall–Kier alpha value is -1.14. The Morgan fingerprint density at radius 2 is 1.92 bits per heavy atom. The van der Waals surface area contributed by atoms with Crippen molar-refractivity contribution in [3.63, 3.8) is 0 Å². The minimum Gasteiger partial charge on any atom is -0.481 e. The van der Waals surface area contributed by atoms with Crippen molar-refractivity contribution in [3.05, 3.63) is 0 Å².